The predicted molar refractivity (Wildman–Crippen MR) is 77.0 cm³/mol. The van der Waals surface area contributed by atoms with Gasteiger partial charge in [0.05, 0.1) is 10.7 Å². The Labute approximate surface area is 126 Å². The highest BCUT2D eigenvalue weighted by Gasteiger charge is 2.48. The molecule has 1 heterocycles. The molecule has 21 heavy (non-hydrogen) atoms. The number of rotatable bonds is 3. The van der Waals surface area contributed by atoms with E-state index in [2.05, 4.69) is 5.32 Å². The first kappa shape index (κ1) is 15.6. The zero-order valence-electron chi connectivity index (χ0n) is 11.5. The Kier molecular flexibility index (Phi) is 4.37. The third-order valence-corrected chi connectivity index (χ3v) is 4.23. The van der Waals surface area contributed by atoms with E-state index in [0.717, 1.165) is 0 Å². The number of aliphatic carboxylic acids is 1. The van der Waals surface area contributed by atoms with Crippen LogP contribution in [0, 0.1) is 5.82 Å². The molecule has 114 valence electrons. The summed E-state index contributed by atoms with van der Waals surface area (Å²) in [5.41, 5.74) is -1.37. The number of hydrogen-bond acceptors (Lipinski definition) is 2. The van der Waals surface area contributed by atoms with Crippen LogP contribution in [0.3, 0.4) is 0 Å². The number of carbonyl (C=O) groups excluding carboxylic acids is 1. The molecule has 1 fully saturated rings. The molecular formula is C14H16ClFN2O3. The Hall–Kier alpha value is -1.82. The van der Waals surface area contributed by atoms with Gasteiger partial charge >= 0.3 is 12.0 Å². The number of halogens is 2. The summed E-state index contributed by atoms with van der Waals surface area (Å²) < 4.78 is 13.7. The van der Waals surface area contributed by atoms with E-state index in [0.29, 0.717) is 25.8 Å². The first-order valence-electron chi connectivity index (χ1n) is 6.68. The third-order valence-electron chi connectivity index (χ3n) is 3.91. The van der Waals surface area contributed by atoms with E-state index in [1.165, 1.54) is 23.1 Å². The van der Waals surface area contributed by atoms with Crippen molar-refractivity contribution in [2.24, 2.45) is 0 Å². The van der Waals surface area contributed by atoms with E-state index >= 15 is 0 Å². The van der Waals surface area contributed by atoms with Crippen LogP contribution in [0.5, 0.6) is 0 Å². The number of carbonyl (C=O) groups is 2. The fraction of sp³-hybridized carbons (Fsp3) is 0.429. The maximum absolute atomic E-state index is 13.7. The summed E-state index contributed by atoms with van der Waals surface area (Å²) in [5, 5.41) is 11.9. The fourth-order valence-corrected chi connectivity index (χ4v) is 2.92. The van der Waals surface area contributed by atoms with Crippen LogP contribution in [0.4, 0.5) is 14.9 Å². The van der Waals surface area contributed by atoms with E-state index in [-0.39, 0.29) is 10.7 Å². The number of amides is 2. The third kappa shape index (κ3) is 2.68. The number of nitrogens with zero attached hydrogens (tertiary/aromatic N) is 1. The van der Waals surface area contributed by atoms with Gasteiger partial charge < -0.3 is 15.3 Å². The van der Waals surface area contributed by atoms with Crippen molar-refractivity contribution in [2.45, 2.75) is 31.7 Å². The molecule has 1 aromatic rings. The van der Waals surface area contributed by atoms with Gasteiger partial charge in [0.1, 0.15) is 11.4 Å². The van der Waals surface area contributed by atoms with E-state index < -0.39 is 23.4 Å². The average molecular weight is 315 g/mol. The lowest BCUT2D eigenvalue weighted by Crippen LogP contribution is -2.54. The van der Waals surface area contributed by atoms with Crippen LogP contribution in [0.2, 0.25) is 5.02 Å². The minimum Gasteiger partial charge on any atom is -0.479 e. The van der Waals surface area contributed by atoms with Crippen molar-refractivity contribution in [1.29, 1.82) is 0 Å². The highest BCUT2D eigenvalue weighted by Crippen LogP contribution is 2.34. The lowest BCUT2D eigenvalue weighted by Gasteiger charge is -2.33. The van der Waals surface area contributed by atoms with Crippen LogP contribution in [0.1, 0.15) is 26.2 Å². The molecule has 2 N–H and O–H groups in total. The van der Waals surface area contributed by atoms with Crippen LogP contribution in [-0.2, 0) is 4.79 Å². The van der Waals surface area contributed by atoms with Gasteiger partial charge in [-0.3, -0.25) is 0 Å². The zero-order valence-corrected chi connectivity index (χ0v) is 12.3. The van der Waals surface area contributed by atoms with Gasteiger partial charge in [0.15, 0.2) is 0 Å². The van der Waals surface area contributed by atoms with Crippen LogP contribution in [0.25, 0.3) is 0 Å². The minimum absolute atomic E-state index is 0.0694. The molecule has 1 aliphatic heterocycles. The second-order valence-electron chi connectivity index (χ2n) is 4.97. The molecule has 1 aliphatic rings. The first-order chi connectivity index (χ1) is 9.92. The molecule has 7 heteroatoms. The number of likely N-dealkylation sites (tertiary alicyclic amines) is 1. The number of anilines is 1. The number of carboxylic acid groups (broad SMARTS) is 1. The van der Waals surface area contributed by atoms with Crippen LogP contribution in [-0.4, -0.2) is 34.1 Å². The number of carboxylic acids is 1. The standard InChI is InChI=1S/C14H16ClFN2O3/c1-2-14(12(19)20)7-4-8-18(14)13(21)17-11-9(15)5-3-6-10(11)16/h3,5-6H,2,4,7-8H2,1H3,(H,17,21)(H,19,20). The lowest BCUT2D eigenvalue weighted by atomic mass is 9.93. The largest absolute Gasteiger partial charge is 0.479 e. The monoisotopic (exact) mass is 314 g/mol. The molecule has 0 aromatic heterocycles. The number of para-hydroxylation sites is 1. The van der Waals surface area contributed by atoms with Gasteiger partial charge in [0, 0.05) is 6.54 Å². The van der Waals surface area contributed by atoms with Gasteiger partial charge in [-0.25, -0.2) is 14.0 Å². The van der Waals surface area contributed by atoms with Crippen molar-refractivity contribution in [3.05, 3.63) is 29.0 Å². The summed E-state index contributed by atoms with van der Waals surface area (Å²) in [7, 11) is 0. The first-order valence-corrected chi connectivity index (χ1v) is 7.06. The molecule has 1 unspecified atom stereocenters. The Morgan fingerprint density at radius 3 is 2.81 bits per heavy atom. The SMILES string of the molecule is CCC1(C(=O)O)CCCN1C(=O)Nc1c(F)cccc1Cl. The highest BCUT2D eigenvalue weighted by atomic mass is 35.5. The van der Waals surface area contributed by atoms with Gasteiger partial charge in [-0.2, -0.15) is 0 Å². The average Bonchev–Trinajstić information content (AvgIpc) is 2.88. The van der Waals surface area contributed by atoms with Crippen molar-refractivity contribution in [2.75, 3.05) is 11.9 Å². The quantitative estimate of drug-likeness (QED) is 0.899. The van der Waals surface area contributed by atoms with Crippen molar-refractivity contribution in [3.63, 3.8) is 0 Å². The molecule has 0 radical (unpaired) electrons. The van der Waals surface area contributed by atoms with Gasteiger partial charge in [-0.05, 0) is 31.4 Å². The molecule has 0 spiro atoms. The molecular weight excluding hydrogens is 299 g/mol. The summed E-state index contributed by atoms with van der Waals surface area (Å²) in [6.45, 7) is 2.04. The van der Waals surface area contributed by atoms with Crippen molar-refractivity contribution in [1.82, 2.24) is 4.90 Å². The number of benzene rings is 1. The van der Waals surface area contributed by atoms with E-state index in [1.807, 2.05) is 0 Å². The van der Waals surface area contributed by atoms with E-state index in [9.17, 15) is 19.1 Å². The molecule has 2 amide bonds. The summed E-state index contributed by atoms with van der Waals surface area (Å²) in [4.78, 5) is 25.1. The molecule has 1 atom stereocenters. The Balaban J connectivity index is 2.26. The molecule has 5 nitrogen and oxygen atoms in total. The van der Waals surface area contributed by atoms with Gasteiger partial charge in [0.2, 0.25) is 0 Å². The maximum atomic E-state index is 13.7. The predicted octanol–water partition coefficient (Wildman–Crippen LogP) is 3.34. The molecule has 1 saturated heterocycles. The van der Waals surface area contributed by atoms with Crippen LogP contribution >= 0.6 is 11.6 Å². The summed E-state index contributed by atoms with van der Waals surface area (Å²) in [6.07, 6.45) is 1.27. The van der Waals surface area contributed by atoms with Crippen molar-refractivity contribution < 1.29 is 19.1 Å². The summed E-state index contributed by atoms with van der Waals surface area (Å²) in [6, 6.07) is 3.41. The Bertz CT molecular complexity index is 561. The topological polar surface area (TPSA) is 69.6 Å². The molecule has 2 rings (SSSR count). The van der Waals surface area contributed by atoms with Crippen molar-refractivity contribution >= 4 is 29.3 Å². The number of urea groups is 1. The zero-order chi connectivity index (χ0) is 15.6. The van der Waals surface area contributed by atoms with Crippen LogP contribution in [0.15, 0.2) is 18.2 Å². The molecule has 0 aliphatic carbocycles. The highest BCUT2D eigenvalue weighted by molar-refractivity contribution is 6.33. The summed E-state index contributed by atoms with van der Waals surface area (Å²) in [5.74, 6) is -1.70. The van der Waals surface area contributed by atoms with E-state index in [4.69, 9.17) is 11.6 Å². The second-order valence-corrected chi connectivity index (χ2v) is 5.38. The number of nitrogens with one attached hydrogen (secondary N) is 1. The Morgan fingerprint density at radius 1 is 1.52 bits per heavy atom. The Morgan fingerprint density at radius 2 is 2.24 bits per heavy atom. The minimum atomic E-state index is -1.23. The number of hydrogen-bond donors (Lipinski definition) is 2. The van der Waals surface area contributed by atoms with Gasteiger partial charge in [-0.1, -0.05) is 24.6 Å². The molecule has 1 aromatic carbocycles. The second kappa shape index (κ2) is 5.89. The normalized spacial score (nSPS) is 21.4. The van der Waals surface area contributed by atoms with E-state index in [1.54, 1.807) is 6.92 Å². The fourth-order valence-electron chi connectivity index (χ4n) is 2.71. The van der Waals surface area contributed by atoms with Crippen LogP contribution < -0.4 is 5.32 Å². The lowest BCUT2D eigenvalue weighted by molar-refractivity contribution is -0.148. The molecule has 0 bridgehead atoms. The smallest absolute Gasteiger partial charge is 0.329 e. The van der Waals surface area contributed by atoms with Gasteiger partial charge in [-0.15, -0.1) is 0 Å². The van der Waals surface area contributed by atoms with Crippen molar-refractivity contribution in [3.8, 4) is 0 Å². The summed E-state index contributed by atoms with van der Waals surface area (Å²) >= 11 is 5.86. The molecule has 0 saturated carbocycles. The van der Waals surface area contributed by atoms with Gasteiger partial charge in [0.25, 0.3) is 0 Å². The maximum Gasteiger partial charge on any atom is 0.329 e.